The van der Waals surface area contributed by atoms with E-state index in [9.17, 15) is 18.0 Å². The summed E-state index contributed by atoms with van der Waals surface area (Å²) in [4.78, 5) is 29.4. The maximum atomic E-state index is 13.1. The van der Waals surface area contributed by atoms with Crippen molar-refractivity contribution in [1.29, 1.82) is 0 Å². The molecule has 1 aromatic carbocycles. The number of pyridine rings is 2. The molecule has 0 radical (unpaired) electrons. The molecule has 2 N–H and O–H groups in total. The zero-order valence-corrected chi connectivity index (χ0v) is 22.0. The summed E-state index contributed by atoms with van der Waals surface area (Å²) in [5.41, 5.74) is 2.15. The molecule has 3 aromatic heterocycles. The number of hydrogen-bond donors (Lipinski definition) is 2. The molecule has 2 saturated heterocycles. The first-order valence-corrected chi connectivity index (χ1v) is 13.7. The summed E-state index contributed by atoms with van der Waals surface area (Å²) in [7, 11) is 0. The Labute approximate surface area is 229 Å². The van der Waals surface area contributed by atoms with Gasteiger partial charge in [0.2, 0.25) is 0 Å². The van der Waals surface area contributed by atoms with Crippen LogP contribution >= 0.6 is 0 Å². The van der Waals surface area contributed by atoms with E-state index in [-0.39, 0.29) is 18.0 Å². The second-order valence-corrected chi connectivity index (χ2v) is 10.6. The van der Waals surface area contributed by atoms with Gasteiger partial charge in [-0.05, 0) is 62.1 Å². The Morgan fingerprint density at radius 1 is 1.05 bits per heavy atom. The Bertz CT molecular complexity index is 1480. The van der Waals surface area contributed by atoms with Crippen molar-refractivity contribution < 1.29 is 22.7 Å². The number of carbonyl (C=O) groups is 1. The van der Waals surface area contributed by atoms with Crippen LogP contribution < -0.4 is 15.0 Å². The molecule has 2 aliphatic rings. The zero-order chi connectivity index (χ0) is 27.7. The molecular formula is C29H31F3N6O2. The van der Waals surface area contributed by atoms with Gasteiger partial charge in [-0.2, -0.15) is 13.2 Å². The molecule has 5 heterocycles. The number of rotatable bonds is 5. The fourth-order valence-corrected chi connectivity index (χ4v) is 5.77. The van der Waals surface area contributed by atoms with Gasteiger partial charge >= 0.3 is 12.2 Å². The number of nitrogens with zero attached hydrogens (tertiary/aromatic N) is 4. The van der Waals surface area contributed by atoms with E-state index in [4.69, 9.17) is 4.74 Å². The van der Waals surface area contributed by atoms with Crippen LogP contribution in [0.15, 0.2) is 55.0 Å². The number of aromatic nitrogens is 3. The number of amides is 2. The van der Waals surface area contributed by atoms with Gasteiger partial charge in [-0.3, -0.25) is 0 Å². The van der Waals surface area contributed by atoms with Crippen molar-refractivity contribution in [3.63, 3.8) is 0 Å². The lowest BCUT2D eigenvalue weighted by molar-refractivity contribution is -0.137. The number of benzene rings is 1. The van der Waals surface area contributed by atoms with Crippen molar-refractivity contribution in [2.45, 2.75) is 37.9 Å². The summed E-state index contributed by atoms with van der Waals surface area (Å²) in [5, 5.41) is 5.37. The third-order valence-electron chi connectivity index (χ3n) is 7.91. The average molecular weight is 553 g/mol. The summed E-state index contributed by atoms with van der Waals surface area (Å²) >= 11 is 0. The number of carbonyl (C=O) groups excluding carboxylic acids is 1. The van der Waals surface area contributed by atoms with Crippen molar-refractivity contribution in [2.75, 3.05) is 37.7 Å². The number of halogens is 3. The van der Waals surface area contributed by atoms with Crippen molar-refractivity contribution in [3.8, 4) is 5.75 Å². The molecule has 0 spiro atoms. The summed E-state index contributed by atoms with van der Waals surface area (Å²) in [6.07, 6.45) is 4.62. The fourth-order valence-electron chi connectivity index (χ4n) is 5.77. The van der Waals surface area contributed by atoms with Gasteiger partial charge in [-0.15, -0.1) is 0 Å². The van der Waals surface area contributed by atoms with Gasteiger partial charge in [-0.1, -0.05) is 0 Å². The molecule has 0 aliphatic carbocycles. The van der Waals surface area contributed by atoms with E-state index in [2.05, 4.69) is 31.2 Å². The summed E-state index contributed by atoms with van der Waals surface area (Å²) in [6.45, 7) is 3.26. The topological polar surface area (TPSA) is 86.4 Å². The van der Waals surface area contributed by atoms with E-state index in [0.717, 1.165) is 78.5 Å². The number of piperidine rings is 2. The Balaban J connectivity index is 1.01. The quantitative estimate of drug-likeness (QED) is 0.337. The maximum absolute atomic E-state index is 13.1. The molecular weight excluding hydrogens is 521 g/mol. The minimum absolute atomic E-state index is 0.0620. The monoisotopic (exact) mass is 552 g/mol. The van der Waals surface area contributed by atoms with Gasteiger partial charge in [-0.25, -0.2) is 14.8 Å². The molecule has 2 aliphatic heterocycles. The lowest BCUT2D eigenvalue weighted by Crippen LogP contribution is -2.52. The number of likely N-dealkylation sites (tertiary alicyclic amines) is 1. The van der Waals surface area contributed by atoms with Crippen LogP contribution in [-0.2, 0) is 6.18 Å². The Kier molecular flexibility index (Phi) is 7.12. The van der Waals surface area contributed by atoms with Crippen LogP contribution in [0.1, 0.15) is 31.2 Å². The SMILES string of the molecule is O=C(NC1CCN(c2cc[nH]c3cnc4nccc4c23)CC1)N1CCCC(COc2ccc(C(F)(F)F)cc2)C1. The van der Waals surface area contributed by atoms with Crippen LogP contribution in [0.5, 0.6) is 5.75 Å². The smallest absolute Gasteiger partial charge is 0.416 e. The average Bonchev–Trinajstić information content (AvgIpc) is 3.46. The van der Waals surface area contributed by atoms with Gasteiger partial charge in [0.1, 0.15) is 5.75 Å². The summed E-state index contributed by atoms with van der Waals surface area (Å²) < 4.78 is 44.1. The van der Waals surface area contributed by atoms with E-state index >= 15 is 0 Å². The lowest BCUT2D eigenvalue weighted by atomic mass is 9.99. The molecule has 1 atom stereocenters. The molecule has 2 amide bonds. The molecule has 0 bridgehead atoms. The normalized spacial score (nSPS) is 18.8. The largest absolute Gasteiger partial charge is 0.493 e. The minimum Gasteiger partial charge on any atom is -0.493 e. The van der Waals surface area contributed by atoms with Crippen LogP contribution in [-0.4, -0.2) is 64.7 Å². The molecule has 40 heavy (non-hydrogen) atoms. The first kappa shape index (κ1) is 26.2. The molecule has 8 nitrogen and oxygen atoms in total. The van der Waals surface area contributed by atoms with E-state index in [0.29, 0.717) is 25.4 Å². The number of anilines is 1. The van der Waals surface area contributed by atoms with Crippen LogP contribution in [0.3, 0.4) is 0 Å². The number of H-pyrrole nitrogens is 1. The lowest BCUT2D eigenvalue weighted by Gasteiger charge is -2.37. The summed E-state index contributed by atoms with van der Waals surface area (Å²) in [6, 6.07) is 8.85. The Morgan fingerprint density at radius 3 is 2.62 bits per heavy atom. The van der Waals surface area contributed by atoms with Crippen LogP contribution in [0.25, 0.3) is 21.9 Å². The Morgan fingerprint density at radius 2 is 1.85 bits per heavy atom. The highest BCUT2D eigenvalue weighted by Gasteiger charge is 2.31. The van der Waals surface area contributed by atoms with E-state index in [1.807, 2.05) is 23.4 Å². The number of fused-ring (bicyclic) bond motifs is 3. The van der Waals surface area contributed by atoms with Crippen LogP contribution in [0.4, 0.5) is 23.7 Å². The number of nitrogens with one attached hydrogen (secondary N) is 2. The molecule has 4 aromatic rings. The third kappa shape index (κ3) is 5.50. The summed E-state index contributed by atoms with van der Waals surface area (Å²) in [5.74, 6) is 0.529. The predicted molar refractivity (Wildman–Crippen MR) is 146 cm³/mol. The zero-order valence-electron chi connectivity index (χ0n) is 22.0. The van der Waals surface area contributed by atoms with Gasteiger partial charge in [0.15, 0.2) is 5.65 Å². The number of urea groups is 1. The number of alkyl halides is 3. The minimum atomic E-state index is -4.37. The van der Waals surface area contributed by atoms with Crippen molar-refractivity contribution in [1.82, 2.24) is 25.2 Å². The number of ether oxygens (including phenoxy) is 1. The van der Waals surface area contributed by atoms with Crippen molar-refractivity contribution in [2.24, 2.45) is 5.92 Å². The second kappa shape index (κ2) is 10.9. The number of hydrogen-bond acceptors (Lipinski definition) is 5. The highest BCUT2D eigenvalue weighted by Crippen LogP contribution is 2.33. The van der Waals surface area contributed by atoms with Crippen molar-refractivity contribution in [3.05, 3.63) is 60.6 Å². The molecule has 0 saturated carbocycles. The number of aromatic amines is 1. The third-order valence-corrected chi connectivity index (χ3v) is 7.91. The first-order valence-electron chi connectivity index (χ1n) is 13.7. The van der Waals surface area contributed by atoms with E-state index < -0.39 is 11.7 Å². The maximum Gasteiger partial charge on any atom is 0.416 e. The molecule has 11 heteroatoms. The molecule has 6 rings (SSSR count). The van der Waals surface area contributed by atoms with Crippen LogP contribution in [0.2, 0.25) is 0 Å². The predicted octanol–water partition coefficient (Wildman–Crippen LogP) is 5.60. The van der Waals surface area contributed by atoms with E-state index in [1.165, 1.54) is 12.1 Å². The van der Waals surface area contributed by atoms with Gasteiger partial charge < -0.3 is 24.8 Å². The van der Waals surface area contributed by atoms with Gasteiger partial charge in [0.05, 0.1) is 23.9 Å². The highest BCUT2D eigenvalue weighted by atomic mass is 19.4. The van der Waals surface area contributed by atoms with Crippen LogP contribution in [0, 0.1) is 5.92 Å². The van der Waals surface area contributed by atoms with Crippen molar-refractivity contribution >= 4 is 33.7 Å². The van der Waals surface area contributed by atoms with E-state index in [1.54, 1.807) is 6.20 Å². The Hall–Kier alpha value is -4.02. The second-order valence-electron chi connectivity index (χ2n) is 10.6. The highest BCUT2D eigenvalue weighted by molar-refractivity contribution is 6.09. The molecule has 1 unspecified atom stereocenters. The fraction of sp³-hybridized carbons (Fsp3) is 0.414. The molecule has 210 valence electrons. The molecule has 2 fully saturated rings. The first-order chi connectivity index (χ1) is 19.3. The standard InChI is InChI=1S/C29H31F3N6O2/c30-29(31,32)20-3-5-22(6-4-20)40-18-19-2-1-13-38(17-19)28(39)36-21-9-14-37(15-10-21)25-8-12-33-24-16-35-27-23(26(24)25)7-11-34-27/h3-8,11-12,16,19,21,33H,1-2,9-10,13-15,17-18H2,(H,36,39). The van der Waals surface area contributed by atoms with Gasteiger partial charge in [0, 0.05) is 67.0 Å². The van der Waals surface area contributed by atoms with Gasteiger partial charge in [0.25, 0.3) is 0 Å².